The molecule has 2 aliphatic heterocycles. The second-order valence-corrected chi connectivity index (χ2v) is 7.04. The van der Waals surface area contributed by atoms with Gasteiger partial charge in [-0.05, 0) is 43.5 Å². The lowest BCUT2D eigenvalue weighted by Crippen LogP contribution is -2.44. The fourth-order valence-electron chi connectivity index (χ4n) is 3.55. The zero-order valence-corrected chi connectivity index (χ0v) is 16.0. The predicted molar refractivity (Wildman–Crippen MR) is 102 cm³/mol. The lowest BCUT2D eigenvalue weighted by atomic mass is 10.0. The number of hydrogen-bond acceptors (Lipinski definition) is 5. The molecule has 3 rings (SSSR count). The van der Waals surface area contributed by atoms with Crippen molar-refractivity contribution in [1.82, 2.24) is 15.5 Å². The average Bonchev–Trinajstić information content (AvgIpc) is 2.97. The van der Waals surface area contributed by atoms with Crippen molar-refractivity contribution in [1.29, 1.82) is 0 Å². The number of likely N-dealkylation sites (tertiary alicyclic amines) is 1. The summed E-state index contributed by atoms with van der Waals surface area (Å²) in [6.45, 7) is 5.00. The highest BCUT2D eigenvalue weighted by Gasteiger charge is 2.29. The van der Waals surface area contributed by atoms with E-state index in [0.717, 1.165) is 55.7 Å². The Hall–Kier alpha value is -2.28. The monoisotopic (exact) mass is 375 g/mol. The molecule has 2 N–H and O–H groups in total. The Bertz CT molecular complexity index is 665. The third kappa shape index (κ3) is 5.35. The van der Waals surface area contributed by atoms with Crippen molar-refractivity contribution < 1.29 is 19.1 Å². The molecule has 1 aromatic carbocycles. The number of rotatable bonds is 6. The normalized spacial score (nSPS) is 19.4. The standard InChI is InChI=1S/C20H29N3O4/c1-2-3-9-21-20(25)22-19(24)14-23-10-4-6-16(23)15-7-8-17-18(13-15)27-12-5-11-26-17/h7-8,13,16H,2-6,9-12,14H2,1H3,(H2,21,22,24,25)/t16-/m0/s1. The highest BCUT2D eigenvalue weighted by Crippen LogP contribution is 2.37. The smallest absolute Gasteiger partial charge is 0.321 e. The first-order valence-electron chi connectivity index (χ1n) is 9.88. The van der Waals surface area contributed by atoms with Crippen LogP contribution in [0.25, 0.3) is 0 Å². The average molecular weight is 375 g/mol. The Balaban J connectivity index is 1.58. The molecule has 7 nitrogen and oxygen atoms in total. The highest BCUT2D eigenvalue weighted by molar-refractivity contribution is 5.95. The molecule has 3 amide bonds. The second kappa shape index (κ2) is 9.60. The van der Waals surface area contributed by atoms with Crippen LogP contribution in [0.15, 0.2) is 18.2 Å². The predicted octanol–water partition coefficient (Wildman–Crippen LogP) is 2.61. The van der Waals surface area contributed by atoms with Gasteiger partial charge in [0.2, 0.25) is 5.91 Å². The lowest BCUT2D eigenvalue weighted by molar-refractivity contribution is -0.121. The molecule has 1 aromatic rings. The summed E-state index contributed by atoms with van der Waals surface area (Å²) < 4.78 is 11.5. The molecular formula is C20H29N3O4. The molecule has 148 valence electrons. The number of amides is 3. The molecule has 1 fully saturated rings. The van der Waals surface area contributed by atoms with Gasteiger partial charge in [0.25, 0.3) is 0 Å². The van der Waals surface area contributed by atoms with Gasteiger partial charge in [-0.3, -0.25) is 15.0 Å². The van der Waals surface area contributed by atoms with Gasteiger partial charge in [0.05, 0.1) is 19.8 Å². The first-order valence-corrected chi connectivity index (χ1v) is 9.88. The summed E-state index contributed by atoms with van der Waals surface area (Å²) in [7, 11) is 0. The first kappa shape index (κ1) is 19.5. The van der Waals surface area contributed by atoms with E-state index in [9.17, 15) is 9.59 Å². The maximum Gasteiger partial charge on any atom is 0.321 e. The molecule has 2 heterocycles. The number of benzene rings is 1. The van der Waals surface area contributed by atoms with Crippen LogP contribution in [0.1, 0.15) is 50.6 Å². The third-order valence-corrected chi connectivity index (χ3v) is 4.94. The Morgan fingerprint density at radius 1 is 1.19 bits per heavy atom. The van der Waals surface area contributed by atoms with Crippen LogP contribution in [0, 0.1) is 0 Å². The van der Waals surface area contributed by atoms with Crippen LogP contribution < -0.4 is 20.1 Å². The Morgan fingerprint density at radius 3 is 2.81 bits per heavy atom. The van der Waals surface area contributed by atoms with Gasteiger partial charge in [-0.25, -0.2) is 4.79 Å². The number of hydrogen-bond donors (Lipinski definition) is 2. The summed E-state index contributed by atoms with van der Waals surface area (Å²) in [4.78, 5) is 26.1. The maximum atomic E-state index is 12.2. The molecule has 0 unspecified atom stereocenters. The minimum Gasteiger partial charge on any atom is -0.490 e. The molecule has 0 spiro atoms. The van der Waals surface area contributed by atoms with Gasteiger partial charge in [-0.15, -0.1) is 0 Å². The van der Waals surface area contributed by atoms with Crippen molar-refractivity contribution in [3.8, 4) is 11.5 Å². The van der Waals surface area contributed by atoms with Crippen LogP contribution in [0.5, 0.6) is 11.5 Å². The molecule has 1 atom stereocenters. The van der Waals surface area contributed by atoms with Gasteiger partial charge < -0.3 is 14.8 Å². The van der Waals surface area contributed by atoms with Crippen LogP contribution in [-0.4, -0.2) is 49.7 Å². The minimum absolute atomic E-state index is 0.149. The van der Waals surface area contributed by atoms with E-state index in [4.69, 9.17) is 9.47 Å². The van der Waals surface area contributed by atoms with Gasteiger partial charge in [0.15, 0.2) is 11.5 Å². The summed E-state index contributed by atoms with van der Waals surface area (Å²) >= 11 is 0. The summed E-state index contributed by atoms with van der Waals surface area (Å²) in [6.07, 6.45) is 4.78. The number of ether oxygens (including phenoxy) is 2. The third-order valence-electron chi connectivity index (χ3n) is 4.94. The molecule has 0 radical (unpaired) electrons. The van der Waals surface area contributed by atoms with Gasteiger partial charge in [0, 0.05) is 19.0 Å². The van der Waals surface area contributed by atoms with E-state index < -0.39 is 6.03 Å². The van der Waals surface area contributed by atoms with Crippen molar-refractivity contribution in [3.05, 3.63) is 23.8 Å². The van der Waals surface area contributed by atoms with Gasteiger partial charge in [-0.2, -0.15) is 0 Å². The molecule has 0 aromatic heterocycles. The van der Waals surface area contributed by atoms with E-state index in [-0.39, 0.29) is 18.5 Å². The minimum atomic E-state index is -0.417. The van der Waals surface area contributed by atoms with Crippen molar-refractivity contribution >= 4 is 11.9 Å². The van der Waals surface area contributed by atoms with Crippen molar-refractivity contribution in [2.45, 2.75) is 45.1 Å². The molecule has 2 aliphatic rings. The molecule has 1 saturated heterocycles. The number of nitrogens with one attached hydrogen (secondary N) is 2. The van der Waals surface area contributed by atoms with Crippen molar-refractivity contribution in [2.75, 3.05) is 32.8 Å². The maximum absolute atomic E-state index is 12.2. The number of urea groups is 1. The van der Waals surface area contributed by atoms with E-state index in [0.29, 0.717) is 19.8 Å². The number of imide groups is 1. The highest BCUT2D eigenvalue weighted by atomic mass is 16.5. The van der Waals surface area contributed by atoms with Crippen LogP contribution in [0.3, 0.4) is 0 Å². The SMILES string of the molecule is CCCCNC(=O)NC(=O)CN1CCC[C@H]1c1ccc2c(c1)OCCCO2. The van der Waals surface area contributed by atoms with Gasteiger partial charge in [0.1, 0.15) is 0 Å². The molecule has 7 heteroatoms. The van der Waals surface area contributed by atoms with Gasteiger partial charge >= 0.3 is 6.03 Å². The van der Waals surface area contributed by atoms with Crippen LogP contribution >= 0.6 is 0 Å². The summed E-state index contributed by atoms with van der Waals surface area (Å²) in [5, 5.41) is 5.12. The Morgan fingerprint density at radius 2 is 2.00 bits per heavy atom. The quantitative estimate of drug-likeness (QED) is 0.747. The number of fused-ring (bicyclic) bond motifs is 1. The zero-order valence-electron chi connectivity index (χ0n) is 16.0. The van der Waals surface area contributed by atoms with Gasteiger partial charge in [-0.1, -0.05) is 19.4 Å². The van der Waals surface area contributed by atoms with Crippen molar-refractivity contribution in [3.63, 3.8) is 0 Å². The second-order valence-electron chi connectivity index (χ2n) is 7.04. The van der Waals surface area contributed by atoms with Crippen molar-refractivity contribution in [2.24, 2.45) is 0 Å². The molecule has 0 saturated carbocycles. The summed E-state index contributed by atoms with van der Waals surface area (Å²) in [5.74, 6) is 1.28. The summed E-state index contributed by atoms with van der Waals surface area (Å²) in [5.41, 5.74) is 1.12. The fourth-order valence-corrected chi connectivity index (χ4v) is 3.55. The lowest BCUT2D eigenvalue weighted by Gasteiger charge is -2.24. The summed E-state index contributed by atoms with van der Waals surface area (Å²) in [6, 6.07) is 5.76. The number of carbonyl (C=O) groups is 2. The van der Waals surface area contributed by atoms with Crippen LogP contribution in [0.4, 0.5) is 4.79 Å². The number of nitrogens with zero attached hydrogens (tertiary/aromatic N) is 1. The molecular weight excluding hydrogens is 346 g/mol. The van der Waals surface area contributed by atoms with E-state index in [1.807, 2.05) is 18.2 Å². The van der Waals surface area contributed by atoms with E-state index in [1.165, 1.54) is 0 Å². The van der Waals surface area contributed by atoms with Crippen LogP contribution in [-0.2, 0) is 4.79 Å². The molecule has 0 bridgehead atoms. The van der Waals surface area contributed by atoms with E-state index in [2.05, 4.69) is 22.5 Å². The van der Waals surface area contributed by atoms with E-state index in [1.54, 1.807) is 0 Å². The Labute approximate surface area is 160 Å². The van der Waals surface area contributed by atoms with Crippen LogP contribution in [0.2, 0.25) is 0 Å². The largest absolute Gasteiger partial charge is 0.490 e. The number of carbonyl (C=O) groups excluding carboxylic acids is 2. The Kier molecular flexibility index (Phi) is 6.92. The first-order chi connectivity index (χ1) is 13.2. The topological polar surface area (TPSA) is 79.9 Å². The number of unbranched alkanes of at least 4 members (excludes halogenated alkanes) is 1. The molecule has 27 heavy (non-hydrogen) atoms. The zero-order chi connectivity index (χ0) is 19.1. The fraction of sp³-hybridized carbons (Fsp3) is 0.600. The van der Waals surface area contributed by atoms with E-state index >= 15 is 0 Å². The molecule has 0 aliphatic carbocycles.